The second kappa shape index (κ2) is 6.10. The molecule has 0 spiro atoms. The Morgan fingerprint density at radius 3 is 2.81 bits per heavy atom. The molecule has 6 heteroatoms. The Balaban J connectivity index is 2.24. The zero-order valence-corrected chi connectivity index (χ0v) is 9.61. The molecule has 1 aromatic heterocycles. The van der Waals surface area contributed by atoms with Gasteiger partial charge >= 0.3 is 5.51 Å². The number of thioether (sulfide) groups is 1. The topological polar surface area (TPSA) is 24.9 Å². The molecule has 0 aliphatic carbocycles. The molecular formula is C10H13F3N2S. The summed E-state index contributed by atoms with van der Waals surface area (Å²) in [4.78, 5) is 3.95. The monoisotopic (exact) mass is 250 g/mol. The van der Waals surface area contributed by atoms with Crippen molar-refractivity contribution in [2.24, 2.45) is 0 Å². The largest absolute Gasteiger partial charge is 0.441 e. The Hall–Kier alpha value is -0.750. The lowest BCUT2D eigenvalue weighted by molar-refractivity contribution is -0.0327. The van der Waals surface area contributed by atoms with E-state index in [9.17, 15) is 13.2 Å². The first-order valence-corrected chi connectivity index (χ1v) is 5.81. The number of nitrogens with zero attached hydrogens (tertiary/aromatic N) is 1. The van der Waals surface area contributed by atoms with E-state index < -0.39 is 5.51 Å². The molecule has 0 aliphatic rings. The van der Waals surface area contributed by atoms with Crippen LogP contribution in [0.3, 0.4) is 0 Å². The van der Waals surface area contributed by atoms with Crippen molar-refractivity contribution in [3.05, 3.63) is 30.1 Å². The van der Waals surface area contributed by atoms with Gasteiger partial charge in [0.05, 0.1) is 0 Å². The molecule has 16 heavy (non-hydrogen) atoms. The third-order valence-electron chi connectivity index (χ3n) is 2.00. The molecule has 0 bridgehead atoms. The summed E-state index contributed by atoms with van der Waals surface area (Å²) in [5.74, 6) is 0.0219. The number of halogens is 3. The first kappa shape index (κ1) is 13.3. The van der Waals surface area contributed by atoms with Crippen LogP contribution in [-0.2, 0) is 0 Å². The van der Waals surface area contributed by atoms with Gasteiger partial charge in [-0.05, 0) is 30.3 Å². The molecule has 0 radical (unpaired) electrons. The summed E-state index contributed by atoms with van der Waals surface area (Å²) in [6.07, 6.45) is 3.37. The van der Waals surface area contributed by atoms with E-state index >= 15 is 0 Å². The van der Waals surface area contributed by atoms with Crippen molar-refractivity contribution in [1.82, 2.24) is 10.3 Å². The SMILES string of the molecule is C[C@H](NCCSC(F)(F)F)c1cccnc1. The molecule has 0 aliphatic heterocycles. The third kappa shape index (κ3) is 5.37. The number of aromatic nitrogens is 1. The first-order chi connectivity index (χ1) is 7.49. The number of hydrogen-bond donors (Lipinski definition) is 1. The number of hydrogen-bond acceptors (Lipinski definition) is 3. The molecule has 0 unspecified atom stereocenters. The van der Waals surface area contributed by atoms with Crippen molar-refractivity contribution in [3.8, 4) is 0 Å². The first-order valence-electron chi connectivity index (χ1n) is 4.83. The van der Waals surface area contributed by atoms with Crippen LogP contribution in [0, 0.1) is 0 Å². The van der Waals surface area contributed by atoms with Crippen molar-refractivity contribution < 1.29 is 13.2 Å². The van der Waals surface area contributed by atoms with Gasteiger partial charge in [-0.25, -0.2) is 0 Å². The summed E-state index contributed by atoms with van der Waals surface area (Å²) in [6.45, 7) is 2.22. The Kier molecular flexibility index (Phi) is 5.08. The van der Waals surface area contributed by atoms with Crippen LogP contribution in [0.1, 0.15) is 18.5 Å². The van der Waals surface area contributed by atoms with Gasteiger partial charge in [0, 0.05) is 30.7 Å². The maximum atomic E-state index is 11.8. The fourth-order valence-corrected chi connectivity index (χ4v) is 1.64. The van der Waals surface area contributed by atoms with Crippen LogP contribution in [0.2, 0.25) is 0 Å². The van der Waals surface area contributed by atoms with Gasteiger partial charge < -0.3 is 5.32 Å². The molecule has 0 aromatic carbocycles. The van der Waals surface area contributed by atoms with Crippen LogP contribution < -0.4 is 5.32 Å². The van der Waals surface area contributed by atoms with Crippen molar-refractivity contribution in [3.63, 3.8) is 0 Å². The van der Waals surface area contributed by atoms with E-state index in [0.717, 1.165) is 5.56 Å². The number of nitrogens with one attached hydrogen (secondary N) is 1. The van der Waals surface area contributed by atoms with Gasteiger partial charge in [-0.3, -0.25) is 4.98 Å². The molecule has 1 heterocycles. The molecule has 1 atom stereocenters. The Labute approximate surface area is 96.6 Å². The van der Waals surface area contributed by atoms with Crippen molar-refractivity contribution in [2.45, 2.75) is 18.5 Å². The minimum Gasteiger partial charge on any atom is -0.309 e. The predicted octanol–water partition coefficient (Wildman–Crippen LogP) is 2.99. The van der Waals surface area contributed by atoms with E-state index in [1.54, 1.807) is 18.5 Å². The number of pyridine rings is 1. The van der Waals surface area contributed by atoms with Crippen LogP contribution >= 0.6 is 11.8 Å². The van der Waals surface area contributed by atoms with E-state index in [0.29, 0.717) is 6.54 Å². The average molecular weight is 250 g/mol. The fraction of sp³-hybridized carbons (Fsp3) is 0.500. The highest BCUT2D eigenvalue weighted by atomic mass is 32.2. The van der Waals surface area contributed by atoms with Gasteiger partial charge in [0.25, 0.3) is 0 Å². The quantitative estimate of drug-likeness (QED) is 0.813. The second-order valence-electron chi connectivity index (χ2n) is 3.26. The molecular weight excluding hydrogens is 237 g/mol. The molecule has 1 aromatic rings. The van der Waals surface area contributed by atoms with Crippen molar-refractivity contribution in [1.29, 1.82) is 0 Å². The summed E-state index contributed by atoms with van der Waals surface area (Å²) in [6, 6.07) is 3.71. The lowest BCUT2D eigenvalue weighted by atomic mass is 10.1. The summed E-state index contributed by atoms with van der Waals surface area (Å²) >= 11 is -0.00738. The fourth-order valence-electron chi connectivity index (χ4n) is 1.19. The molecule has 0 saturated heterocycles. The van der Waals surface area contributed by atoms with Crippen LogP contribution in [0.4, 0.5) is 13.2 Å². The second-order valence-corrected chi connectivity index (χ2v) is 4.42. The van der Waals surface area contributed by atoms with Crippen LogP contribution in [-0.4, -0.2) is 22.8 Å². The number of rotatable bonds is 5. The molecule has 90 valence electrons. The normalized spacial score (nSPS) is 13.8. The third-order valence-corrected chi connectivity index (χ3v) is 2.74. The van der Waals surface area contributed by atoms with Gasteiger partial charge in [0.1, 0.15) is 0 Å². The Bertz CT molecular complexity index is 303. The average Bonchev–Trinajstić information content (AvgIpc) is 2.24. The molecule has 0 fully saturated rings. The van der Waals surface area contributed by atoms with Crippen LogP contribution in [0.25, 0.3) is 0 Å². The van der Waals surface area contributed by atoms with E-state index in [1.807, 2.05) is 13.0 Å². The molecule has 2 nitrogen and oxygen atoms in total. The summed E-state index contributed by atoms with van der Waals surface area (Å²) in [5.41, 5.74) is -3.17. The summed E-state index contributed by atoms with van der Waals surface area (Å²) in [7, 11) is 0. The number of alkyl halides is 3. The maximum Gasteiger partial charge on any atom is 0.441 e. The summed E-state index contributed by atoms with van der Waals surface area (Å²) in [5, 5.41) is 3.01. The predicted molar refractivity (Wildman–Crippen MR) is 59.2 cm³/mol. The summed E-state index contributed by atoms with van der Waals surface area (Å²) < 4.78 is 35.5. The van der Waals surface area contributed by atoms with Gasteiger partial charge in [-0.15, -0.1) is 0 Å². The Morgan fingerprint density at radius 1 is 1.50 bits per heavy atom. The highest BCUT2D eigenvalue weighted by Crippen LogP contribution is 2.29. The Morgan fingerprint density at radius 2 is 2.25 bits per heavy atom. The van der Waals surface area contributed by atoms with Gasteiger partial charge in [-0.2, -0.15) is 13.2 Å². The minimum absolute atomic E-state index is 0.00738. The van der Waals surface area contributed by atoms with Crippen LogP contribution in [0.15, 0.2) is 24.5 Å². The van der Waals surface area contributed by atoms with Gasteiger partial charge in [0.2, 0.25) is 0 Å². The van der Waals surface area contributed by atoms with E-state index in [2.05, 4.69) is 10.3 Å². The zero-order chi connectivity index (χ0) is 12.0. The van der Waals surface area contributed by atoms with E-state index in [1.165, 1.54) is 0 Å². The lowest BCUT2D eigenvalue weighted by Crippen LogP contribution is -2.22. The zero-order valence-electron chi connectivity index (χ0n) is 8.79. The van der Waals surface area contributed by atoms with Crippen molar-refractivity contribution >= 4 is 11.8 Å². The van der Waals surface area contributed by atoms with Crippen molar-refractivity contribution in [2.75, 3.05) is 12.3 Å². The lowest BCUT2D eigenvalue weighted by Gasteiger charge is -2.13. The van der Waals surface area contributed by atoms with Crippen LogP contribution in [0.5, 0.6) is 0 Å². The molecule has 0 amide bonds. The smallest absolute Gasteiger partial charge is 0.309 e. The highest BCUT2D eigenvalue weighted by molar-refractivity contribution is 8.00. The molecule has 0 saturated carbocycles. The molecule has 1 N–H and O–H groups in total. The molecule has 1 rings (SSSR count). The van der Waals surface area contributed by atoms with E-state index in [4.69, 9.17) is 0 Å². The maximum absolute atomic E-state index is 11.8. The van der Waals surface area contributed by atoms with Gasteiger partial charge in [-0.1, -0.05) is 6.07 Å². The minimum atomic E-state index is -4.14. The standard InChI is InChI=1S/C10H13F3N2S/c1-8(9-3-2-4-14-7-9)15-5-6-16-10(11,12)13/h2-4,7-8,15H,5-6H2,1H3/t8-/m0/s1. The van der Waals surface area contributed by atoms with Gasteiger partial charge in [0.15, 0.2) is 0 Å². The van der Waals surface area contributed by atoms with E-state index in [-0.39, 0.29) is 23.6 Å². The highest BCUT2D eigenvalue weighted by Gasteiger charge is 2.27.